The van der Waals surface area contributed by atoms with E-state index in [1.54, 1.807) is 14.2 Å². The molecule has 0 aliphatic heterocycles. The van der Waals surface area contributed by atoms with E-state index in [2.05, 4.69) is 37.4 Å². The molecule has 0 aliphatic rings. The third-order valence-corrected chi connectivity index (χ3v) is 3.26. The SMILES string of the molecule is COc1ccc(C)cc1CNc1ccc(C)cc1OC. The van der Waals surface area contributed by atoms with E-state index in [4.69, 9.17) is 9.47 Å². The second-order valence-corrected chi connectivity index (χ2v) is 4.87. The van der Waals surface area contributed by atoms with Crippen LogP contribution in [0.25, 0.3) is 0 Å². The number of nitrogens with one attached hydrogen (secondary N) is 1. The second kappa shape index (κ2) is 6.33. The van der Waals surface area contributed by atoms with Crippen molar-refractivity contribution in [3.63, 3.8) is 0 Å². The van der Waals surface area contributed by atoms with Gasteiger partial charge in [-0.15, -0.1) is 0 Å². The zero-order chi connectivity index (χ0) is 14.5. The third kappa shape index (κ3) is 3.23. The van der Waals surface area contributed by atoms with Crippen LogP contribution >= 0.6 is 0 Å². The minimum atomic E-state index is 0.699. The maximum Gasteiger partial charge on any atom is 0.142 e. The van der Waals surface area contributed by atoms with Crippen molar-refractivity contribution in [3.05, 3.63) is 53.1 Å². The number of rotatable bonds is 5. The number of anilines is 1. The first kappa shape index (κ1) is 14.3. The lowest BCUT2D eigenvalue weighted by atomic mass is 10.1. The summed E-state index contributed by atoms with van der Waals surface area (Å²) in [6, 6.07) is 12.3. The molecule has 20 heavy (non-hydrogen) atoms. The highest BCUT2D eigenvalue weighted by Crippen LogP contribution is 2.27. The Kier molecular flexibility index (Phi) is 4.51. The molecule has 0 bridgehead atoms. The Morgan fingerprint density at radius 1 is 0.850 bits per heavy atom. The molecule has 106 valence electrons. The Morgan fingerprint density at radius 2 is 1.50 bits per heavy atom. The quantitative estimate of drug-likeness (QED) is 0.893. The predicted octanol–water partition coefficient (Wildman–Crippen LogP) is 3.93. The van der Waals surface area contributed by atoms with Crippen LogP contribution in [-0.4, -0.2) is 14.2 Å². The summed E-state index contributed by atoms with van der Waals surface area (Å²) in [7, 11) is 3.38. The summed E-state index contributed by atoms with van der Waals surface area (Å²) in [5, 5.41) is 3.40. The van der Waals surface area contributed by atoms with Gasteiger partial charge in [-0.25, -0.2) is 0 Å². The van der Waals surface area contributed by atoms with Crippen molar-refractivity contribution in [1.82, 2.24) is 0 Å². The molecular weight excluding hydrogens is 250 g/mol. The van der Waals surface area contributed by atoms with E-state index in [1.807, 2.05) is 18.2 Å². The summed E-state index contributed by atoms with van der Waals surface area (Å²) >= 11 is 0. The second-order valence-electron chi connectivity index (χ2n) is 4.87. The smallest absolute Gasteiger partial charge is 0.142 e. The summed E-state index contributed by atoms with van der Waals surface area (Å²) in [4.78, 5) is 0. The number of methoxy groups -OCH3 is 2. The van der Waals surface area contributed by atoms with E-state index in [0.717, 1.165) is 22.7 Å². The highest BCUT2D eigenvalue weighted by Gasteiger charge is 2.06. The molecule has 0 amide bonds. The molecule has 1 N–H and O–H groups in total. The molecule has 2 rings (SSSR count). The molecule has 0 fully saturated rings. The Hall–Kier alpha value is -2.16. The van der Waals surface area contributed by atoms with Crippen LogP contribution in [0.5, 0.6) is 11.5 Å². The maximum atomic E-state index is 5.40. The van der Waals surface area contributed by atoms with Gasteiger partial charge in [0, 0.05) is 12.1 Å². The molecular formula is C17H21NO2. The molecule has 0 saturated heterocycles. The first-order valence-electron chi connectivity index (χ1n) is 6.66. The minimum Gasteiger partial charge on any atom is -0.496 e. The molecule has 0 unspecified atom stereocenters. The molecule has 0 atom stereocenters. The number of ether oxygens (including phenoxy) is 2. The largest absolute Gasteiger partial charge is 0.496 e. The number of benzene rings is 2. The summed E-state index contributed by atoms with van der Waals surface area (Å²) in [5.74, 6) is 1.76. The Morgan fingerprint density at radius 3 is 2.20 bits per heavy atom. The van der Waals surface area contributed by atoms with Gasteiger partial charge >= 0.3 is 0 Å². The molecule has 0 aliphatic carbocycles. The van der Waals surface area contributed by atoms with E-state index in [-0.39, 0.29) is 0 Å². The van der Waals surface area contributed by atoms with E-state index in [1.165, 1.54) is 11.1 Å². The third-order valence-electron chi connectivity index (χ3n) is 3.26. The van der Waals surface area contributed by atoms with Crippen molar-refractivity contribution in [1.29, 1.82) is 0 Å². The van der Waals surface area contributed by atoms with Crippen LogP contribution in [0.3, 0.4) is 0 Å². The van der Waals surface area contributed by atoms with Crippen LogP contribution in [0.4, 0.5) is 5.69 Å². The van der Waals surface area contributed by atoms with Gasteiger partial charge in [-0.2, -0.15) is 0 Å². The average molecular weight is 271 g/mol. The van der Waals surface area contributed by atoms with E-state index < -0.39 is 0 Å². The van der Waals surface area contributed by atoms with Crippen LogP contribution in [0.2, 0.25) is 0 Å². The molecule has 0 heterocycles. The van der Waals surface area contributed by atoms with E-state index >= 15 is 0 Å². The van der Waals surface area contributed by atoms with Crippen LogP contribution < -0.4 is 14.8 Å². The summed E-state index contributed by atoms with van der Waals surface area (Å²) in [5.41, 5.74) is 4.52. The van der Waals surface area contributed by atoms with Gasteiger partial charge in [-0.05, 0) is 37.6 Å². The molecule has 0 saturated carbocycles. The molecule has 3 heteroatoms. The number of hydrogen-bond donors (Lipinski definition) is 1. The van der Waals surface area contributed by atoms with Gasteiger partial charge in [-0.3, -0.25) is 0 Å². The molecule has 2 aromatic rings. The lowest BCUT2D eigenvalue weighted by molar-refractivity contribution is 0.409. The first-order valence-corrected chi connectivity index (χ1v) is 6.66. The lowest BCUT2D eigenvalue weighted by Gasteiger charge is -2.14. The van der Waals surface area contributed by atoms with Gasteiger partial charge in [0.25, 0.3) is 0 Å². The lowest BCUT2D eigenvalue weighted by Crippen LogP contribution is -2.03. The van der Waals surface area contributed by atoms with E-state index in [0.29, 0.717) is 6.54 Å². The minimum absolute atomic E-state index is 0.699. The summed E-state index contributed by atoms with van der Waals surface area (Å²) < 4.78 is 10.8. The molecule has 2 aromatic carbocycles. The van der Waals surface area contributed by atoms with Crippen LogP contribution in [0.1, 0.15) is 16.7 Å². The van der Waals surface area contributed by atoms with Crippen LogP contribution in [0, 0.1) is 13.8 Å². The number of aryl methyl sites for hydroxylation is 2. The van der Waals surface area contributed by atoms with Gasteiger partial charge in [0.1, 0.15) is 11.5 Å². The fourth-order valence-electron chi connectivity index (χ4n) is 2.18. The average Bonchev–Trinajstić information content (AvgIpc) is 2.46. The Labute approximate surface area is 120 Å². The van der Waals surface area contributed by atoms with Crippen molar-refractivity contribution >= 4 is 5.69 Å². The maximum absolute atomic E-state index is 5.40. The Bertz CT molecular complexity index is 594. The molecule has 3 nitrogen and oxygen atoms in total. The molecule has 0 aromatic heterocycles. The van der Waals surface area contributed by atoms with Gasteiger partial charge < -0.3 is 14.8 Å². The zero-order valence-electron chi connectivity index (χ0n) is 12.5. The molecule has 0 spiro atoms. The van der Waals surface area contributed by atoms with Gasteiger partial charge in [-0.1, -0.05) is 23.8 Å². The fourth-order valence-corrected chi connectivity index (χ4v) is 2.18. The monoisotopic (exact) mass is 271 g/mol. The molecule has 0 radical (unpaired) electrons. The van der Waals surface area contributed by atoms with Gasteiger partial charge in [0.05, 0.1) is 19.9 Å². The summed E-state index contributed by atoms with van der Waals surface area (Å²) in [6.45, 7) is 4.83. The number of hydrogen-bond acceptors (Lipinski definition) is 3. The van der Waals surface area contributed by atoms with E-state index in [9.17, 15) is 0 Å². The van der Waals surface area contributed by atoms with Gasteiger partial charge in [0.2, 0.25) is 0 Å². The van der Waals surface area contributed by atoms with Crippen molar-refractivity contribution < 1.29 is 9.47 Å². The van der Waals surface area contributed by atoms with Crippen molar-refractivity contribution in [2.24, 2.45) is 0 Å². The topological polar surface area (TPSA) is 30.5 Å². The first-order chi connectivity index (χ1) is 9.63. The summed E-state index contributed by atoms with van der Waals surface area (Å²) in [6.07, 6.45) is 0. The predicted molar refractivity (Wildman–Crippen MR) is 82.8 cm³/mol. The van der Waals surface area contributed by atoms with Crippen molar-refractivity contribution in [3.8, 4) is 11.5 Å². The van der Waals surface area contributed by atoms with Crippen molar-refractivity contribution in [2.75, 3.05) is 19.5 Å². The van der Waals surface area contributed by atoms with Crippen LogP contribution in [0.15, 0.2) is 36.4 Å². The Balaban J connectivity index is 2.18. The fraction of sp³-hybridized carbons (Fsp3) is 0.294. The highest BCUT2D eigenvalue weighted by atomic mass is 16.5. The van der Waals surface area contributed by atoms with Crippen molar-refractivity contribution in [2.45, 2.75) is 20.4 Å². The van der Waals surface area contributed by atoms with Crippen LogP contribution in [-0.2, 0) is 6.54 Å². The van der Waals surface area contributed by atoms with Gasteiger partial charge in [0.15, 0.2) is 0 Å². The highest BCUT2D eigenvalue weighted by molar-refractivity contribution is 5.58. The zero-order valence-corrected chi connectivity index (χ0v) is 12.5. The standard InChI is InChI=1S/C17H21NO2/c1-12-6-8-16(19-3)14(9-12)11-18-15-7-5-13(2)10-17(15)20-4/h5-10,18H,11H2,1-4H3. The normalized spacial score (nSPS) is 10.2.